The molecule has 0 aliphatic heterocycles. The van der Waals surface area contributed by atoms with Crippen molar-refractivity contribution in [2.24, 2.45) is 0 Å². The Morgan fingerprint density at radius 1 is 1.10 bits per heavy atom. The minimum atomic E-state index is 0.476. The van der Waals surface area contributed by atoms with E-state index in [2.05, 4.69) is 33.0 Å². The standard InChI is InChI=1S/C17H14N4/c18-11-16-14-5-2-6-15(13(14)7-9-19-16)17-8-10-20-21(17)12-3-1-4-12/h2,5-10,12H,1,3-4H2. The Labute approximate surface area is 122 Å². The number of aromatic nitrogens is 3. The van der Waals surface area contributed by atoms with E-state index in [4.69, 9.17) is 0 Å². The fourth-order valence-electron chi connectivity index (χ4n) is 2.97. The van der Waals surface area contributed by atoms with Gasteiger partial charge in [-0.3, -0.25) is 4.68 Å². The molecule has 1 fully saturated rings. The van der Waals surface area contributed by atoms with Crippen LogP contribution in [0.15, 0.2) is 42.7 Å². The summed E-state index contributed by atoms with van der Waals surface area (Å²) in [5, 5.41) is 15.7. The monoisotopic (exact) mass is 274 g/mol. The van der Waals surface area contributed by atoms with Gasteiger partial charge < -0.3 is 0 Å². The summed E-state index contributed by atoms with van der Waals surface area (Å²) in [6.45, 7) is 0. The van der Waals surface area contributed by atoms with Crippen LogP contribution in [0.4, 0.5) is 0 Å². The topological polar surface area (TPSA) is 54.5 Å². The van der Waals surface area contributed by atoms with Crippen molar-refractivity contribution in [1.82, 2.24) is 14.8 Å². The Balaban J connectivity index is 1.95. The van der Waals surface area contributed by atoms with E-state index in [0.29, 0.717) is 11.7 Å². The van der Waals surface area contributed by atoms with Gasteiger partial charge in [0.2, 0.25) is 0 Å². The van der Waals surface area contributed by atoms with Crippen molar-refractivity contribution in [2.75, 3.05) is 0 Å². The second kappa shape index (κ2) is 4.71. The molecule has 1 aliphatic rings. The molecule has 0 atom stereocenters. The first-order chi connectivity index (χ1) is 10.4. The van der Waals surface area contributed by atoms with Crippen molar-refractivity contribution in [3.8, 4) is 17.3 Å². The third-order valence-electron chi connectivity index (χ3n) is 4.28. The maximum Gasteiger partial charge on any atom is 0.148 e. The zero-order chi connectivity index (χ0) is 14.2. The molecule has 1 aliphatic carbocycles. The van der Waals surface area contributed by atoms with Crippen LogP contribution in [0, 0.1) is 11.3 Å². The lowest BCUT2D eigenvalue weighted by Gasteiger charge is -2.27. The van der Waals surface area contributed by atoms with E-state index in [1.54, 1.807) is 6.20 Å². The van der Waals surface area contributed by atoms with Crippen LogP contribution in [0.1, 0.15) is 31.0 Å². The summed E-state index contributed by atoms with van der Waals surface area (Å²) >= 11 is 0. The normalized spacial score (nSPS) is 14.8. The highest BCUT2D eigenvalue weighted by atomic mass is 15.3. The number of pyridine rings is 1. The van der Waals surface area contributed by atoms with Gasteiger partial charge in [0.1, 0.15) is 11.8 Å². The SMILES string of the molecule is N#Cc1nccc2c(-c3ccnn3C3CCC3)cccc12. The van der Waals surface area contributed by atoms with Crippen LogP contribution in [0.25, 0.3) is 22.0 Å². The Kier molecular flexibility index (Phi) is 2.71. The molecule has 4 nitrogen and oxygen atoms in total. The largest absolute Gasteiger partial charge is 0.262 e. The summed E-state index contributed by atoms with van der Waals surface area (Å²) in [6, 6.07) is 12.7. The van der Waals surface area contributed by atoms with Gasteiger partial charge in [-0.2, -0.15) is 10.4 Å². The molecule has 0 N–H and O–H groups in total. The predicted octanol–water partition coefficient (Wildman–Crippen LogP) is 3.69. The van der Waals surface area contributed by atoms with Gasteiger partial charge in [-0.25, -0.2) is 4.98 Å². The maximum atomic E-state index is 9.22. The minimum Gasteiger partial charge on any atom is -0.262 e. The van der Waals surface area contributed by atoms with E-state index < -0.39 is 0 Å². The molecule has 3 aromatic rings. The highest BCUT2D eigenvalue weighted by Gasteiger charge is 2.23. The smallest absolute Gasteiger partial charge is 0.148 e. The molecule has 21 heavy (non-hydrogen) atoms. The van der Waals surface area contributed by atoms with E-state index in [9.17, 15) is 5.26 Å². The molecule has 4 rings (SSSR count). The van der Waals surface area contributed by atoms with Crippen LogP contribution in [0.5, 0.6) is 0 Å². The van der Waals surface area contributed by atoms with Gasteiger partial charge >= 0.3 is 0 Å². The number of nitrogens with zero attached hydrogens (tertiary/aromatic N) is 4. The summed E-state index contributed by atoms with van der Waals surface area (Å²) in [6.07, 6.45) is 7.24. The highest BCUT2D eigenvalue weighted by molar-refractivity contribution is 5.97. The summed E-state index contributed by atoms with van der Waals surface area (Å²) in [4.78, 5) is 4.15. The molecule has 2 heterocycles. The van der Waals surface area contributed by atoms with Crippen LogP contribution < -0.4 is 0 Å². The molecule has 4 heteroatoms. The number of hydrogen-bond donors (Lipinski definition) is 0. The van der Waals surface area contributed by atoms with Crippen molar-refractivity contribution in [1.29, 1.82) is 5.26 Å². The Morgan fingerprint density at radius 2 is 2.00 bits per heavy atom. The van der Waals surface area contributed by atoms with E-state index in [-0.39, 0.29) is 0 Å². The Bertz CT molecular complexity index is 853. The first kappa shape index (κ1) is 12.1. The number of benzene rings is 1. The molecule has 102 valence electrons. The number of hydrogen-bond acceptors (Lipinski definition) is 3. The highest BCUT2D eigenvalue weighted by Crippen LogP contribution is 2.36. The second-order valence-electron chi connectivity index (χ2n) is 5.42. The van der Waals surface area contributed by atoms with E-state index in [0.717, 1.165) is 22.0 Å². The van der Waals surface area contributed by atoms with E-state index in [1.807, 2.05) is 24.4 Å². The molecular weight excluding hydrogens is 260 g/mol. The van der Waals surface area contributed by atoms with Crippen LogP contribution in [-0.4, -0.2) is 14.8 Å². The van der Waals surface area contributed by atoms with Gasteiger partial charge in [-0.1, -0.05) is 18.2 Å². The second-order valence-corrected chi connectivity index (χ2v) is 5.42. The molecule has 0 saturated heterocycles. The van der Waals surface area contributed by atoms with E-state index in [1.165, 1.54) is 19.3 Å². The lowest BCUT2D eigenvalue weighted by molar-refractivity contribution is 0.292. The van der Waals surface area contributed by atoms with Crippen molar-refractivity contribution in [3.05, 3.63) is 48.4 Å². The van der Waals surface area contributed by atoms with Gasteiger partial charge in [0, 0.05) is 23.3 Å². The molecular formula is C17H14N4. The molecule has 0 unspecified atom stereocenters. The predicted molar refractivity (Wildman–Crippen MR) is 80.6 cm³/mol. The summed E-state index contributed by atoms with van der Waals surface area (Å²) in [5.74, 6) is 0. The molecule has 0 spiro atoms. The molecule has 0 bridgehead atoms. The van der Waals surface area contributed by atoms with Gasteiger partial charge in [-0.05, 0) is 36.8 Å². The lowest BCUT2D eigenvalue weighted by atomic mass is 9.92. The Hall–Kier alpha value is -2.67. The third kappa shape index (κ3) is 1.82. The quantitative estimate of drug-likeness (QED) is 0.716. The maximum absolute atomic E-state index is 9.22. The Morgan fingerprint density at radius 3 is 2.76 bits per heavy atom. The number of rotatable bonds is 2. The van der Waals surface area contributed by atoms with Crippen LogP contribution >= 0.6 is 0 Å². The van der Waals surface area contributed by atoms with Gasteiger partial charge in [0.05, 0.1) is 11.7 Å². The van der Waals surface area contributed by atoms with Gasteiger partial charge in [-0.15, -0.1) is 0 Å². The fraction of sp³-hybridized carbons (Fsp3) is 0.235. The molecule has 1 saturated carbocycles. The van der Waals surface area contributed by atoms with Gasteiger partial charge in [0.25, 0.3) is 0 Å². The zero-order valence-corrected chi connectivity index (χ0v) is 11.5. The van der Waals surface area contributed by atoms with Crippen molar-refractivity contribution in [2.45, 2.75) is 25.3 Å². The average Bonchev–Trinajstić information content (AvgIpc) is 2.93. The van der Waals surface area contributed by atoms with Crippen molar-refractivity contribution in [3.63, 3.8) is 0 Å². The molecule has 1 aromatic carbocycles. The first-order valence-electron chi connectivity index (χ1n) is 7.20. The van der Waals surface area contributed by atoms with Crippen LogP contribution in [0.2, 0.25) is 0 Å². The third-order valence-corrected chi connectivity index (χ3v) is 4.28. The summed E-state index contributed by atoms with van der Waals surface area (Å²) in [7, 11) is 0. The van der Waals surface area contributed by atoms with Gasteiger partial charge in [0.15, 0.2) is 0 Å². The van der Waals surface area contributed by atoms with E-state index >= 15 is 0 Å². The molecule has 0 amide bonds. The first-order valence-corrected chi connectivity index (χ1v) is 7.20. The van der Waals surface area contributed by atoms with Crippen molar-refractivity contribution >= 4 is 10.8 Å². The summed E-state index contributed by atoms with van der Waals surface area (Å²) < 4.78 is 2.13. The molecule has 0 radical (unpaired) electrons. The minimum absolute atomic E-state index is 0.476. The van der Waals surface area contributed by atoms with Crippen LogP contribution in [0.3, 0.4) is 0 Å². The molecule has 2 aromatic heterocycles. The fourth-order valence-corrected chi connectivity index (χ4v) is 2.97. The number of nitriles is 1. The summed E-state index contributed by atoms with van der Waals surface area (Å²) in [5.41, 5.74) is 2.72. The van der Waals surface area contributed by atoms with Crippen molar-refractivity contribution < 1.29 is 0 Å². The number of fused-ring (bicyclic) bond motifs is 1. The lowest BCUT2D eigenvalue weighted by Crippen LogP contribution is -2.18. The van der Waals surface area contributed by atoms with Crippen LogP contribution in [-0.2, 0) is 0 Å². The zero-order valence-electron chi connectivity index (χ0n) is 11.5. The average molecular weight is 274 g/mol.